The van der Waals surface area contributed by atoms with Crippen LogP contribution in [0, 0.1) is 0 Å². The van der Waals surface area contributed by atoms with Gasteiger partial charge < -0.3 is 15.0 Å². The standard InChI is InChI=1S/C17H25N3O2/c1-14-12-18-5-6-20(14)17(21)16-4-2-3-15(11-16)13-19-7-9-22-10-8-19/h2-4,11,14,18H,5-10,12-13H2,1H3/t14-/m0/s1. The molecule has 1 aromatic carbocycles. The monoisotopic (exact) mass is 303 g/mol. The van der Waals surface area contributed by atoms with Crippen molar-refractivity contribution in [1.29, 1.82) is 0 Å². The van der Waals surface area contributed by atoms with E-state index >= 15 is 0 Å². The van der Waals surface area contributed by atoms with E-state index in [1.807, 2.05) is 23.1 Å². The second-order valence-electron chi connectivity index (χ2n) is 6.14. The highest BCUT2D eigenvalue weighted by Gasteiger charge is 2.24. The maximum Gasteiger partial charge on any atom is 0.254 e. The Kier molecular flexibility index (Phi) is 5.08. The van der Waals surface area contributed by atoms with Crippen molar-refractivity contribution in [3.63, 3.8) is 0 Å². The Balaban J connectivity index is 1.68. The molecule has 0 bridgehead atoms. The predicted molar refractivity (Wildman–Crippen MR) is 85.9 cm³/mol. The predicted octanol–water partition coefficient (Wildman–Crippen LogP) is 0.953. The lowest BCUT2D eigenvalue weighted by atomic mass is 10.1. The number of hydrogen-bond donors (Lipinski definition) is 1. The third-order valence-corrected chi connectivity index (χ3v) is 4.45. The average Bonchev–Trinajstić information content (AvgIpc) is 2.56. The van der Waals surface area contributed by atoms with Gasteiger partial charge in [-0.3, -0.25) is 9.69 Å². The van der Waals surface area contributed by atoms with Crippen molar-refractivity contribution in [2.24, 2.45) is 0 Å². The molecule has 2 fully saturated rings. The van der Waals surface area contributed by atoms with E-state index in [0.717, 1.165) is 58.0 Å². The first kappa shape index (κ1) is 15.5. The van der Waals surface area contributed by atoms with Crippen molar-refractivity contribution < 1.29 is 9.53 Å². The third-order valence-electron chi connectivity index (χ3n) is 4.45. The summed E-state index contributed by atoms with van der Waals surface area (Å²) in [4.78, 5) is 17.1. The molecule has 2 heterocycles. The fourth-order valence-corrected chi connectivity index (χ4v) is 3.13. The normalized spacial score (nSPS) is 23.5. The molecule has 2 saturated heterocycles. The van der Waals surface area contributed by atoms with Gasteiger partial charge in [-0.2, -0.15) is 0 Å². The molecule has 1 N–H and O–H groups in total. The molecule has 0 unspecified atom stereocenters. The van der Waals surface area contributed by atoms with Crippen LogP contribution in [0.15, 0.2) is 24.3 Å². The zero-order chi connectivity index (χ0) is 15.4. The highest BCUT2D eigenvalue weighted by molar-refractivity contribution is 5.94. The van der Waals surface area contributed by atoms with Crippen molar-refractivity contribution in [2.45, 2.75) is 19.5 Å². The molecular formula is C17H25N3O2. The zero-order valence-electron chi connectivity index (χ0n) is 13.3. The van der Waals surface area contributed by atoms with E-state index in [-0.39, 0.29) is 11.9 Å². The molecule has 1 atom stereocenters. The Morgan fingerprint density at radius 1 is 1.32 bits per heavy atom. The number of morpholine rings is 1. The van der Waals surface area contributed by atoms with Crippen LogP contribution in [-0.4, -0.2) is 67.7 Å². The van der Waals surface area contributed by atoms with Gasteiger partial charge in [-0.15, -0.1) is 0 Å². The summed E-state index contributed by atoms with van der Waals surface area (Å²) in [7, 11) is 0. The van der Waals surface area contributed by atoms with E-state index in [4.69, 9.17) is 4.74 Å². The minimum Gasteiger partial charge on any atom is -0.379 e. The molecule has 5 nitrogen and oxygen atoms in total. The van der Waals surface area contributed by atoms with Crippen molar-refractivity contribution in [2.75, 3.05) is 45.9 Å². The topological polar surface area (TPSA) is 44.8 Å². The lowest BCUT2D eigenvalue weighted by Gasteiger charge is -2.34. The second kappa shape index (κ2) is 7.22. The zero-order valence-corrected chi connectivity index (χ0v) is 13.3. The summed E-state index contributed by atoms with van der Waals surface area (Å²) < 4.78 is 5.38. The Labute approximate surface area is 132 Å². The van der Waals surface area contributed by atoms with Crippen LogP contribution in [0.25, 0.3) is 0 Å². The van der Waals surface area contributed by atoms with E-state index in [0.29, 0.717) is 0 Å². The minimum absolute atomic E-state index is 0.151. The van der Waals surface area contributed by atoms with Gasteiger partial charge in [-0.25, -0.2) is 0 Å². The van der Waals surface area contributed by atoms with Gasteiger partial charge in [0.1, 0.15) is 0 Å². The van der Waals surface area contributed by atoms with Crippen LogP contribution in [0.4, 0.5) is 0 Å². The molecule has 0 spiro atoms. The van der Waals surface area contributed by atoms with Crippen LogP contribution in [0.2, 0.25) is 0 Å². The molecule has 2 aliphatic heterocycles. The lowest BCUT2D eigenvalue weighted by Crippen LogP contribution is -2.52. The fraction of sp³-hybridized carbons (Fsp3) is 0.588. The summed E-state index contributed by atoms with van der Waals surface area (Å²) in [6.45, 7) is 9.06. The summed E-state index contributed by atoms with van der Waals surface area (Å²) in [5.74, 6) is 0.151. The minimum atomic E-state index is 0.151. The van der Waals surface area contributed by atoms with Gasteiger partial charge in [-0.05, 0) is 24.6 Å². The maximum atomic E-state index is 12.7. The highest BCUT2D eigenvalue weighted by atomic mass is 16.5. The number of nitrogens with zero attached hydrogens (tertiary/aromatic N) is 2. The van der Waals surface area contributed by atoms with Crippen LogP contribution in [0.1, 0.15) is 22.8 Å². The van der Waals surface area contributed by atoms with Gasteiger partial charge in [0, 0.05) is 50.9 Å². The molecule has 2 aliphatic rings. The number of carbonyl (C=O) groups is 1. The number of nitrogens with one attached hydrogen (secondary N) is 1. The molecule has 120 valence electrons. The number of amides is 1. The molecule has 0 aliphatic carbocycles. The number of carbonyl (C=O) groups excluding carboxylic acids is 1. The van der Waals surface area contributed by atoms with Crippen LogP contribution in [0.5, 0.6) is 0 Å². The Hall–Kier alpha value is -1.43. The van der Waals surface area contributed by atoms with Gasteiger partial charge in [0.2, 0.25) is 0 Å². The summed E-state index contributed by atoms with van der Waals surface area (Å²) in [6, 6.07) is 8.33. The van der Waals surface area contributed by atoms with Gasteiger partial charge in [0.25, 0.3) is 5.91 Å². The summed E-state index contributed by atoms with van der Waals surface area (Å²) in [5, 5.41) is 3.32. The third kappa shape index (κ3) is 3.66. The molecule has 22 heavy (non-hydrogen) atoms. The number of ether oxygens (including phenoxy) is 1. The molecule has 1 amide bonds. The smallest absolute Gasteiger partial charge is 0.254 e. The van der Waals surface area contributed by atoms with Crippen LogP contribution in [-0.2, 0) is 11.3 Å². The quantitative estimate of drug-likeness (QED) is 0.903. The first-order valence-electron chi connectivity index (χ1n) is 8.15. The second-order valence-corrected chi connectivity index (χ2v) is 6.14. The van der Waals surface area contributed by atoms with Crippen LogP contribution < -0.4 is 5.32 Å². The highest BCUT2D eigenvalue weighted by Crippen LogP contribution is 2.14. The average molecular weight is 303 g/mol. The van der Waals surface area contributed by atoms with Gasteiger partial charge in [-0.1, -0.05) is 12.1 Å². The van der Waals surface area contributed by atoms with E-state index in [1.54, 1.807) is 0 Å². The van der Waals surface area contributed by atoms with Crippen molar-refractivity contribution in [3.8, 4) is 0 Å². The Bertz CT molecular complexity index is 514. The largest absolute Gasteiger partial charge is 0.379 e. The van der Waals surface area contributed by atoms with Crippen molar-refractivity contribution in [1.82, 2.24) is 15.1 Å². The summed E-state index contributed by atoms with van der Waals surface area (Å²) in [6.07, 6.45) is 0. The van der Waals surface area contributed by atoms with Gasteiger partial charge in [0.05, 0.1) is 13.2 Å². The van der Waals surface area contributed by atoms with Gasteiger partial charge >= 0.3 is 0 Å². The van der Waals surface area contributed by atoms with E-state index in [1.165, 1.54) is 5.56 Å². The molecule has 1 aromatic rings. The first-order valence-corrected chi connectivity index (χ1v) is 8.15. The number of rotatable bonds is 3. The Morgan fingerprint density at radius 3 is 2.91 bits per heavy atom. The van der Waals surface area contributed by atoms with E-state index in [9.17, 15) is 4.79 Å². The van der Waals surface area contributed by atoms with E-state index < -0.39 is 0 Å². The molecule has 0 aromatic heterocycles. The molecule has 0 saturated carbocycles. The Morgan fingerprint density at radius 2 is 2.14 bits per heavy atom. The number of piperazine rings is 1. The molecule has 3 rings (SSSR count). The number of hydrogen-bond acceptors (Lipinski definition) is 4. The molecular weight excluding hydrogens is 278 g/mol. The lowest BCUT2D eigenvalue weighted by molar-refractivity contribution is 0.0341. The number of benzene rings is 1. The SMILES string of the molecule is C[C@H]1CNCCN1C(=O)c1cccc(CN2CCOCC2)c1. The van der Waals surface area contributed by atoms with Crippen molar-refractivity contribution >= 4 is 5.91 Å². The molecule has 0 radical (unpaired) electrons. The van der Waals surface area contributed by atoms with Crippen LogP contribution in [0.3, 0.4) is 0 Å². The van der Waals surface area contributed by atoms with Crippen LogP contribution >= 0.6 is 0 Å². The molecule has 5 heteroatoms. The summed E-state index contributed by atoms with van der Waals surface area (Å²) >= 11 is 0. The summed E-state index contributed by atoms with van der Waals surface area (Å²) in [5.41, 5.74) is 2.01. The van der Waals surface area contributed by atoms with E-state index in [2.05, 4.69) is 23.2 Å². The van der Waals surface area contributed by atoms with Crippen molar-refractivity contribution in [3.05, 3.63) is 35.4 Å². The first-order chi connectivity index (χ1) is 10.7. The maximum absolute atomic E-state index is 12.7. The van der Waals surface area contributed by atoms with Gasteiger partial charge in [0.15, 0.2) is 0 Å². The fourth-order valence-electron chi connectivity index (χ4n) is 3.13.